The number of nitrogens with one attached hydrogen (secondary N) is 1. The Bertz CT molecular complexity index is 1740. The average molecular weight is 788 g/mol. The summed E-state index contributed by atoms with van der Waals surface area (Å²) in [5, 5.41) is 2.68. The number of amides is 1. The zero-order valence-corrected chi connectivity index (χ0v) is 32.5. The number of piperidine rings is 1. The number of alkyl halides is 3. The van der Waals surface area contributed by atoms with E-state index in [1.165, 1.54) is 18.3 Å². The van der Waals surface area contributed by atoms with Crippen molar-refractivity contribution in [3.63, 3.8) is 0 Å². The fourth-order valence-corrected chi connectivity index (χ4v) is 6.21. The van der Waals surface area contributed by atoms with Crippen molar-refractivity contribution < 1.29 is 51.2 Å². The first-order valence-electron chi connectivity index (χ1n) is 18.9. The largest absolute Gasteiger partial charge is 0.473 e. The Morgan fingerprint density at radius 3 is 2.29 bits per heavy atom. The predicted molar refractivity (Wildman–Crippen MR) is 203 cm³/mol. The smallest absolute Gasteiger partial charge is 0.416 e. The molecule has 5 rings (SSSR count). The lowest BCUT2D eigenvalue weighted by Crippen LogP contribution is -2.40. The van der Waals surface area contributed by atoms with E-state index in [9.17, 15) is 22.8 Å². The number of pyridine rings is 2. The van der Waals surface area contributed by atoms with E-state index in [-0.39, 0.29) is 18.3 Å². The second-order valence-corrected chi connectivity index (χ2v) is 14.6. The molecule has 2 saturated heterocycles. The van der Waals surface area contributed by atoms with Crippen LogP contribution in [0.3, 0.4) is 0 Å². The summed E-state index contributed by atoms with van der Waals surface area (Å²) in [7, 11) is 0. The third-order valence-corrected chi connectivity index (χ3v) is 9.04. The maximum absolute atomic E-state index is 13.2. The number of morpholine rings is 1. The number of hydrogen-bond acceptors (Lipinski definition) is 12. The van der Waals surface area contributed by atoms with Crippen molar-refractivity contribution in [1.29, 1.82) is 0 Å². The highest BCUT2D eigenvalue weighted by Crippen LogP contribution is 2.35. The molecule has 2 aromatic heterocycles. The molecule has 16 heteroatoms. The SMILES string of the molecule is Cc1ncc(NC(=O)c2cccc(C(F)(F)F)c2)cc1-c1cnc(OC2CCN(CCOCCOCCOCC(=O)OC(C)(C)C)CC2)c(N2CCOCC2)c1. The summed E-state index contributed by atoms with van der Waals surface area (Å²) in [6.45, 7) is 14.3. The van der Waals surface area contributed by atoms with Crippen LogP contribution >= 0.6 is 0 Å². The number of aryl methyl sites for hydroxylation is 1. The van der Waals surface area contributed by atoms with E-state index < -0.39 is 29.2 Å². The highest BCUT2D eigenvalue weighted by molar-refractivity contribution is 6.04. The molecule has 56 heavy (non-hydrogen) atoms. The van der Waals surface area contributed by atoms with E-state index >= 15 is 0 Å². The molecule has 2 aliphatic rings. The number of carbonyl (C=O) groups is 2. The van der Waals surface area contributed by atoms with Gasteiger partial charge in [-0.25, -0.2) is 9.78 Å². The Kier molecular flexibility index (Phi) is 15.4. The number of benzene rings is 1. The molecule has 2 aliphatic heterocycles. The van der Waals surface area contributed by atoms with E-state index in [0.717, 1.165) is 55.9 Å². The second kappa shape index (κ2) is 20.2. The van der Waals surface area contributed by atoms with Gasteiger partial charge in [-0.2, -0.15) is 13.2 Å². The molecule has 0 unspecified atom stereocenters. The number of likely N-dealkylation sites (tertiary alicyclic amines) is 1. The lowest BCUT2D eigenvalue weighted by atomic mass is 10.0. The van der Waals surface area contributed by atoms with Gasteiger partial charge in [0.15, 0.2) is 0 Å². The molecule has 0 spiro atoms. The minimum atomic E-state index is -4.56. The molecule has 4 heterocycles. The van der Waals surface area contributed by atoms with Crippen LogP contribution in [0.25, 0.3) is 11.1 Å². The van der Waals surface area contributed by atoms with Crippen LogP contribution in [-0.4, -0.2) is 124 Å². The van der Waals surface area contributed by atoms with Crippen LogP contribution in [0.1, 0.15) is 55.2 Å². The zero-order chi connectivity index (χ0) is 40.1. The van der Waals surface area contributed by atoms with Crippen molar-refractivity contribution in [2.75, 3.05) is 95.8 Å². The molecule has 1 N–H and O–H groups in total. The number of nitrogens with zero attached hydrogens (tertiary/aromatic N) is 4. The molecule has 1 aromatic carbocycles. The van der Waals surface area contributed by atoms with E-state index in [0.29, 0.717) is 82.2 Å². The van der Waals surface area contributed by atoms with Gasteiger partial charge in [0, 0.05) is 61.3 Å². The van der Waals surface area contributed by atoms with Crippen LogP contribution in [0, 0.1) is 6.92 Å². The van der Waals surface area contributed by atoms with Crippen molar-refractivity contribution in [1.82, 2.24) is 14.9 Å². The summed E-state index contributed by atoms with van der Waals surface area (Å²) in [6.07, 6.45) is 0.265. The van der Waals surface area contributed by atoms with Crippen molar-refractivity contribution in [2.45, 2.75) is 58.4 Å². The summed E-state index contributed by atoms with van der Waals surface area (Å²) >= 11 is 0. The first-order chi connectivity index (χ1) is 26.7. The van der Waals surface area contributed by atoms with Gasteiger partial charge in [-0.3, -0.25) is 9.78 Å². The standard InChI is InChI=1S/C40H52F3N5O8/c1-28-34(24-32(26-44-28)46-37(50)29-6-5-7-31(22-29)40(41,42)43)30-23-35(48-13-16-51-17-14-48)38(45-25-30)55-33-8-10-47(11-9-33)12-15-52-18-19-53-20-21-54-27-36(49)56-39(2,3)4/h5-7,22-26,33H,8-21,27H2,1-4H3,(H,46,50). The minimum Gasteiger partial charge on any atom is -0.473 e. The molecule has 0 saturated carbocycles. The molecular formula is C40H52F3N5O8. The third-order valence-electron chi connectivity index (χ3n) is 9.04. The van der Waals surface area contributed by atoms with Crippen molar-refractivity contribution in [3.05, 3.63) is 65.6 Å². The fourth-order valence-electron chi connectivity index (χ4n) is 6.21. The number of anilines is 2. The topological polar surface area (TPSA) is 134 Å². The van der Waals surface area contributed by atoms with E-state index in [1.54, 1.807) is 12.3 Å². The first-order valence-corrected chi connectivity index (χ1v) is 18.9. The number of aromatic nitrogens is 2. The summed E-state index contributed by atoms with van der Waals surface area (Å²) < 4.78 is 73.6. The second-order valence-electron chi connectivity index (χ2n) is 14.6. The molecule has 1 amide bonds. The van der Waals surface area contributed by atoms with Gasteiger partial charge in [0.2, 0.25) is 5.88 Å². The minimum absolute atomic E-state index is 0.0194. The number of ether oxygens (including phenoxy) is 6. The monoisotopic (exact) mass is 787 g/mol. The molecule has 0 bridgehead atoms. The van der Waals surface area contributed by atoms with Crippen LogP contribution in [0.5, 0.6) is 5.88 Å². The Morgan fingerprint density at radius 1 is 0.893 bits per heavy atom. The Balaban J connectivity index is 1.10. The van der Waals surface area contributed by atoms with Gasteiger partial charge < -0.3 is 43.5 Å². The summed E-state index contributed by atoms with van der Waals surface area (Å²) in [5.74, 6) is -0.542. The van der Waals surface area contributed by atoms with Crippen LogP contribution < -0.4 is 15.0 Å². The van der Waals surface area contributed by atoms with Crippen LogP contribution in [0.4, 0.5) is 24.5 Å². The van der Waals surface area contributed by atoms with Gasteiger partial charge in [-0.15, -0.1) is 0 Å². The molecule has 0 radical (unpaired) electrons. The van der Waals surface area contributed by atoms with Crippen LogP contribution in [0.2, 0.25) is 0 Å². The average Bonchev–Trinajstić information content (AvgIpc) is 3.16. The maximum Gasteiger partial charge on any atom is 0.416 e. The van der Waals surface area contributed by atoms with Gasteiger partial charge in [-0.1, -0.05) is 6.07 Å². The number of halogens is 3. The highest BCUT2D eigenvalue weighted by atomic mass is 19.4. The van der Waals surface area contributed by atoms with Crippen LogP contribution in [-0.2, 0) is 34.7 Å². The third kappa shape index (κ3) is 13.4. The predicted octanol–water partition coefficient (Wildman–Crippen LogP) is 5.79. The molecule has 306 valence electrons. The Labute approximate surface area is 325 Å². The quantitative estimate of drug-likeness (QED) is 0.131. The maximum atomic E-state index is 13.2. The van der Waals surface area contributed by atoms with E-state index in [1.807, 2.05) is 33.8 Å². The highest BCUT2D eigenvalue weighted by Gasteiger charge is 2.31. The van der Waals surface area contributed by atoms with Crippen molar-refractivity contribution in [2.24, 2.45) is 0 Å². The Morgan fingerprint density at radius 2 is 1.59 bits per heavy atom. The van der Waals surface area contributed by atoms with Gasteiger partial charge >= 0.3 is 12.1 Å². The zero-order valence-electron chi connectivity index (χ0n) is 32.5. The van der Waals surface area contributed by atoms with Gasteiger partial charge in [0.1, 0.15) is 24.0 Å². The molecule has 13 nitrogen and oxygen atoms in total. The number of rotatable bonds is 17. The lowest BCUT2D eigenvalue weighted by molar-refractivity contribution is -0.160. The first kappa shape index (κ1) is 42.8. The normalized spacial score (nSPS) is 15.8. The summed E-state index contributed by atoms with van der Waals surface area (Å²) in [4.78, 5) is 38.4. The molecule has 0 aliphatic carbocycles. The van der Waals surface area contributed by atoms with Gasteiger partial charge in [-0.05, 0) is 70.9 Å². The van der Waals surface area contributed by atoms with Crippen LogP contribution in [0.15, 0.2) is 48.8 Å². The number of esters is 1. The van der Waals surface area contributed by atoms with Gasteiger partial charge in [0.25, 0.3) is 5.91 Å². The van der Waals surface area contributed by atoms with Crippen molar-refractivity contribution in [3.8, 4) is 17.0 Å². The van der Waals surface area contributed by atoms with Gasteiger partial charge in [0.05, 0.1) is 63.7 Å². The number of carbonyl (C=O) groups excluding carboxylic acids is 2. The van der Waals surface area contributed by atoms with E-state index in [4.69, 9.17) is 33.4 Å². The molecule has 0 atom stereocenters. The summed E-state index contributed by atoms with van der Waals surface area (Å²) in [5.41, 5.74) is 1.78. The summed E-state index contributed by atoms with van der Waals surface area (Å²) in [6, 6.07) is 8.03. The van der Waals surface area contributed by atoms with Crippen molar-refractivity contribution >= 4 is 23.3 Å². The molecule has 2 fully saturated rings. The Hall–Kier alpha value is -4.35. The number of hydrogen-bond donors (Lipinski definition) is 1. The molecule has 3 aromatic rings. The fraction of sp³-hybridized carbons (Fsp3) is 0.550. The molecular weight excluding hydrogens is 735 g/mol. The lowest BCUT2D eigenvalue weighted by Gasteiger charge is -2.34. The van der Waals surface area contributed by atoms with E-state index in [2.05, 4.69) is 20.1 Å².